The van der Waals surface area contributed by atoms with Gasteiger partial charge in [-0.15, -0.1) is 0 Å². The summed E-state index contributed by atoms with van der Waals surface area (Å²) in [5, 5.41) is 23.5. The Labute approximate surface area is 129 Å². The van der Waals surface area contributed by atoms with Gasteiger partial charge in [0.2, 0.25) is 0 Å². The van der Waals surface area contributed by atoms with Crippen LogP contribution in [-0.4, -0.2) is 46.5 Å². The van der Waals surface area contributed by atoms with Crippen molar-refractivity contribution in [2.75, 3.05) is 12.4 Å². The summed E-state index contributed by atoms with van der Waals surface area (Å²) >= 11 is 4.06. The number of hydrogen-bond acceptors (Lipinski definition) is 5. The van der Waals surface area contributed by atoms with E-state index < -0.39 is 12.4 Å². The van der Waals surface area contributed by atoms with E-state index in [1.54, 1.807) is 6.92 Å². The molecule has 0 radical (unpaired) electrons. The van der Waals surface area contributed by atoms with Gasteiger partial charge < -0.3 is 20.3 Å². The molecule has 122 valence electrons. The van der Waals surface area contributed by atoms with Crippen LogP contribution in [0.3, 0.4) is 0 Å². The maximum Gasteiger partial charge on any atom is 0.158 e. The van der Waals surface area contributed by atoms with Crippen molar-refractivity contribution in [2.45, 2.75) is 77.9 Å². The first-order chi connectivity index (χ1) is 9.25. The molecule has 0 fully saturated rings. The minimum Gasteiger partial charge on any atom is -0.392 e. The number of thiol groups is 1. The summed E-state index contributed by atoms with van der Waals surface area (Å²) in [5.74, 6) is 0.370. The Balaban J connectivity index is 4.62. The van der Waals surface area contributed by atoms with Crippen LogP contribution in [0.15, 0.2) is 0 Å². The average Bonchev–Trinajstić information content (AvgIpc) is 2.38. The molecule has 0 saturated carbocycles. The molecule has 20 heavy (non-hydrogen) atoms. The van der Waals surface area contributed by atoms with Gasteiger partial charge in [0, 0.05) is 23.3 Å². The average molecular weight is 308 g/mol. The van der Waals surface area contributed by atoms with E-state index in [-0.39, 0.29) is 17.5 Å². The minimum atomic E-state index is -0.892. The van der Waals surface area contributed by atoms with Crippen molar-refractivity contribution in [1.29, 1.82) is 0 Å². The van der Waals surface area contributed by atoms with Crippen LogP contribution in [0, 0.1) is 5.92 Å². The quantitative estimate of drug-likeness (QED) is 0.349. The molecule has 0 aromatic carbocycles. The van der Waals surface area contributed by atoms with Gasteiger partial charge in [-0.2, -0.15) is 12.6 Å². The molecule has 0 amide bonds. The van der Waals surface area contributed by atoms with E-state index in [0.29, 0.717) is 12.4 Å². The molecule has 0 aliphatic rings. The first-order valence-electron chi connectivity index (χ1n) is 7.61. The number of rotatable bonds is 11. The highest BCUT2D eigenvalue weighted by Gasteiger charge is 2.32. The fraction of sp³-hybridized carbons (Fsp3) is 1.00. The van der Waals surface area contributed by atoms with Crippen molar-refractivity contribution < 1.29 is 14.9 Å². The van der Waals surface area contributed by atoms with Crippen molar-refractivity contribution in [3.63, 3.8) is 0 Å². The Morgan fingerprint density at radius 1 is 1.25 bits per heavy atom. The summed E-state index contributed by atoms with van der Waals surface area (Å²) in [6.45, 7) is 10.5. The van der Waals surface area contributed by atoms with Gasteiger partial charge in [-0.3, -0.25) is 0 Å². The van der Waals surface area contributed by atoms with Crippen LogP contribution in [0.1, 0.15) is 53.9 Å². The first kappa shape index (κ1) is 20.2. The topological polar surface area (TPSA) is 61.7 Å². The maximum absolute atomic E-state index is 10.0. The Morgan fingerprint density at radius 3 is 2.30 bits per heavy atom. The van der Waals surface area contributed by atoms with Gasteiger partial charge in [-0.1, -0.05) is 26.7 Å². The molecule has 4 nitrogen and oxygen atoms in total. The lowest BCUT2D eigenvalue weighted by Crippen LogP contribution is -2.55. The summed E-state index contributed by atoms with van der Waals surface area (Å²) in [6.07, 6.45) is 1.87. The highest BCUT2D eigenvalue weighted by atomic mass is 32.1. The molecule has 0 aromatic heterocycles. The molecule has 0 aromatic rings. The van der Waals surface area contributed by atoms with Crippen LogP contribution in [0.25, 0.3) is 0 Å². The lowest BCUT2D eigenvalue weighted by Gasteiger charge is -2.38. The van der Waals surface area contributed by atoms with Gasteiger partial charge in [0.15, 0.2) is 6.29 Å². The standard InChI is InChI=1S/C15H33NO3S/c1-6-7-8-15(4,5)16-13(12(3)17)11(2)14(18)19-9-10-20/h11-14,16-18,20H,6-10H2,1-5H3/t11-,12-,13?,14?/m0/s1. The van der Waals surface area contributed by atoms with Crippen molar-refractivity contribution in [3.05, 3.63) is 0 Å². The Bertz CT molecular complexity index is 249. The second-order valence-corrected chi connectivity index (χ2v) is 6.69. The largest absolute Gasteiger partial charge is 0.392 e. The van der Waals surface area contributed by atoms with Gasteiger partial charge >= 0.3 is 0 Å². The van der Waals surface area contributed by atoms with E-state index in [4.69, 9.17) is 4.74 Å². The molecular formula is C15H33NO3S. The fourth-order valence-electron chi connectivity index (χ4n) is 2.34. The number of nitrogens with one attached hydrogen (secondary N) is 1. The molecule has 0 saturated heterocycles. The van der Waals surface area contributed by atoms with Gasteiger partial charge in [0.05, 0.1) is 12.7 Å². The summed E-state index contributed by atoms with van der Waals surface area (Å²) in [5.41, 5.74) is -0.0742. The molecule has 0 aliphatic heterocycles. The number of aliphatic hydroxyl groups excluding tert-OH is 2. The van der Waals surface area contributed by atoms with E-state index in [9.17, 15) is 10.2 Å². The van der Waals surface area contributed by atoms with Crippen LogP contribution < -0.4 is 5.32 Å². The third-order valence-electron chi connectivity index (χ3n) is 3.63. The summed E-state index contributed by atoms with van der Waals surface area (Å²) < 4.78 is 5.31. The van der Waals surface area contributed by atoms with Crippen LogP contribution in [0.5, 0.6) is 0 Å². The predicted molar refractivity (Wildman–Crippen MR) is 87.2 cm³/mol. The summed E-state index contributed by atoms with van der Waals surface area (Å²) in [4.78, 5) is 0. The van der Waals surface area contributed by atoms with Crippen molar-refractivity contribution in [1.82, 2.24) is 5.32 Å². The van der Waals surface area contributed by atoms with Crippen LogP contribution in [0.2, 0.25) is 0 Å². The second kappa shape index (κ2) is 10.0. The van der Waals surface area contributed by atoms with Crippen molar-refractivity contribution in [3.8, 4) is 0 Å². The molecule has 0 aliphatic carbocycles. The Kier molecular flexibility index (Phi) is 10.1. The molecule has 0 heterocycles. The van der Waals surface area contributed by atoms with E-state index in [1.807, 2.05) is 6.92 Å². The molecule has 2 unspecified atom stereocenters. The number of hydrogen-bond donors (Lipinski definition) is 4. The Morgan fingerprint density at radius 2 is 1.85 bits per heavy atom. The highest BCUT2D eigenvalue weighted by Crippen LogP contribution is 2.20. The SMILES string of the molecule is CCCCC(C)(C)NC([C@H](C)C(O)OCCS)[C@H](C)O. The van der Waals surface area contributed by atoms with Crippen LogP contribution in [0.4, 0.5) is 0 Å². The molecule has 0 spiro atoms. The molecule has 0 rings (SSSR count). The van der Waals surface area contributed by atoms with Gasteiger partial charge in [0.1, 0.15) is 0 Å². The van der Waals surface area contributed by atoms with Crippen LogP contribution in [-0.2, 0) is 4.74 Å². The smallest absolute Gasteiger partial charge is 0.158 e. The van der Waals surface area contributed by atoms with E-state index in [1.165, 1.54) is 0 Å². The zero-order valence-corrected chi connectivity index (χ0v) is 14.5. The molecular weight excluding hydrogens is 274 g/mol. The summed E-state index contributed by atoms with van der Waals surface area (Å²) in [6, 6.07) is -0.211. The first-order valence-corrected chi connectivity index (χ1v) is 8.24. The molecule has 0 bridgehead atoms. The van der Waals surface area contributed by atoms with Crippen molar-refractivity contribution in [2.24, 2.45) is 5.92 Å². The van der Waals surface area contributed by atoms with Crippen LogP contribution >= 0.6 is 12.6 Å². The fourth-order valence-corrected chi connectivity index (χ4v) is 2.44. The third-order valence-corrected chi connectivity index (χ3v) is 3.81. The lowest BCUT2D eigenvalue weighted by atomic mass is 9.90. The number of unbranched alkanes of at least 4 members (excludes halogenated alkanes) is 1. The van der Waals surface area contributed by atoms with Gasteiger partial charge in [-0.05, 0) is 27.2 Å². The van der Waals surface area contributed by atoms with E-state index in [2.05, 4.69) is 38.7 Å². The Hall–Kier alpha value is 0.190. The zero-order chi connectivity index (χ0) is 15.8. The number of aliphatic hydroxyl groups is 2. The zero-order valence-electron chi connectivity index (χ0n) is 13.6. The molecule has 4 atom stereocenters. The molecule has 3 N–H and O–H groups in total. The highest BCUT2D eigenvalue weighted by molar-refractivity contribution is 7.80. The van der Waals surface area contributed by atoms with Gasteiger partial charge in [-0.25, -0.2) is 0 Å². The normalized spacial score (nSPS) is 18.6. The van der Waals surface area contributed by atoms with Crippen molar-refractivity contribution >= 4 is 12.6 Å². The summed E-state index contributed by atoms with van der Waals surface area (Å²) in [7, 11) is 0. The number of ether oxygens (including phenoxy) is 1. The lowest BCUT2D eigenvalue weighted by molar-refractivity contribution is -0.141. The third kappa shape index (κ3) is 7.84. The van der Waals surface area contributed by atoms with E-state index >= 15 is 0 Å². The monoisotopic (exact) mass is 307 g/mol. The maximum atomic E-state index is 10.0. The predicted octanol–water partition coefficient (Wildman–Crippen LogP) is 2.20. The second-order valence-electron chi connectivity index (χ2n) is 6.24. The van der Waals surface area contributed by atoms with E-state index in [0.717, 1.165) is 19.3 Å². The van der Waals surface area contributed by atoms with Gasteiger partial charge in [0.25, 0.3) is 0 Å². The minimum absolute atomic E-state index is 0.0742. The molecule has 5 heteroatoms.